The molecule has 3 aromatic rings. The van der Waals surface area contributed by atoms with E-state index in [1.165, 1.54) is 36.2 Å². The predicted molar refractivity (Wildman–Crippen MR) is 148 cm³/mol. The van der Waals surface area contributed by atoms with E-state index >= 15 is 0 Å². The number of likely N-dealkylation sites (N-methyl/N-ethyl adjacent to an activating group) is 1. The molecule has 0 bridgehead atoms. The molecule has 0 fully saturated rings. The third-order valence-corrected chi connectivity index (χ3v) is 7.13. The Hall–Kier alpha value is -3.15. The van der Waals surface area contributed by atoms with Crippen LogP contribution in [0.5, 0.6) is 0 Å². The van der Waals surface area contributed by atoms with Gasteiger partial charge in [-0.3, -0.25) is 14.4 Å². The van der Waals surface area contributed by atoms with Crippen molar-refractivity contribution in [3.8, 4) is 0 Å². The molecule has 1 heterocycles. The summed E-state index contributed by atoms with van der Waals surface area (Å²) in [6.07, 6.45) is 0. The van der Waals surface area contributed by atoms with E-state index < -0.39 is 35.8 Å². The summed E-state index contributed by atoms with van der Waals surface area (Å²) >= 11 is 14.1. The molecule has 0 spiro atoms. The number of carbonyl (C=O) groups excluding carboxylic acids is 3. The van der Waals surface area contributed by atoms with E-state index in [1.807, 2.05) is 22.6 Å². The Bertz CT molecular complexity index is 1380. The maximum absolute atomic E-state index is 14.2. The summed E-state index contributed by atoms with van der Waals surface area (Å²) in [6.45, 7) is -0.368. The van der Waals surface area contributed by atoms with Gasteiger partial charge in [-0.1, -0.05) is 47.5 Å². The zero-order chi connectivity index (χ0) is 26.9. The number of amides is 3. The second-order valence-corrected chi connectivity index (χ2v) is 10.3. The molecule has 3 aromatic carbocycles. The third-order valence-electron chi connectivity index (χ3n) is 5.96. The Morgan fingerprint density at radius 2 is 1.59 bits per heavy atom. The average Bonchev–Trinajstić information content (AvgIpc) is 2.95. The molecule has 0 saturated heterocycles. The number of carboxylic acids is 1. The monoisotopic (exact) mass is 651 g/mol. The highest BCUT2D eigenvalue weighted by atomic mass is 127. The smallest absolute Gasteiger partial charge is 0.331 e. The number of nitrogens with zero attached hydrogens (tertiary/aromatic N) is 2. The van der Waals surface area contributed by atoms with E-state index in [9.17, 15) is 24.3 Å². The molecule has 2 N–H and O–H groups in total. The van der Waals surface area contributed by atoms with Crippen LogP contribution in [0.15, 0.2) is 66.7 Å². The molecule has 2 atom stereocenters. The van der Waals surface area contributed by atoms with Gasteiger partial charge in [-0.25, -0.2) is 4.79 Å². The fourth-order valence-electron chi connectivity index (χ4n) is 4.22. The van der Waals surface area contributed by atoms with Crippen molar-refractivity contribution in [2.45, 2.75) is 12.1 Å². The van der Waals surface area contributed by atoms with Gasteiger partial charge in [0.15, 0.2) is 6.04 Å². The first-order chi connectivity index (χ1) is 17.6. The van der Waals surface area contributed by atoms with Crippen molar-refractivity contribution in [2.75, 3.05) is 18.5 Å². The number of rotatable bonds is 6. The fourth-order valence-corrected chi connectivity index (χ4v) is 4.97. The summed E-state index contributed by atoms with van der Waals surface area (Å²) in [5.74, 6) is -3.11. The van der Waals surface area contributed by atoms with Crippen molar-refractivity contribution >= 4 is 75.2 Å². The van der Waals surface area contributed by atoms with Crippen LogP contribution in [0.2, 0.25) is 10.0 Å². The first kappa shape index (κ1) is 26.9. The lowest BCUT2D eigenvalue weighted by Crippen LogP contribution is -2.48. The van der Waals surface area contributed by atoms with Crippen molar-refractivity contribution < 1.29 is 24.3 Å². The Morgan fingerprint density at radius 1 is 1.00 bits per heavy atom. The Kier molecular flexibility index (Phi) is 8.05. The number of hydrogen-bond donors (Lipinski definition) is 2. The molecule has 0 saturated carbocycles. The van der Waals surface area contributed by atoms with Crippen LogP contribution in [0.1, 0.15) is 33.6 Å². The van der Waals surface area contributed by atoms with Gasteiger partial charge >= 0.3 is 5.97 Å². The quantitative estimate of drug-likeness (QED) is 0.376. The molecule has 0 aliphatic carbocycles. The number of carbonyl (C=O) groups is 4. The van der Waals surface area contributed by atoms with E-state index in [0.717, 1.165) is 4.90 Å². The summed E-state index contributed by atoms with van der Waals surface area (Å²) in [4.78, 5) is 55.8. The van der Waals surface area contributed by atoms with Crippen LogP contribution in [0, 0.1) is 3.57 Å². The topological polar surface area (TPSA) is 107 Å². The molecule has 0 unspecified atom stereocenters. The van der Waals surface area contributed by atoms with Crippen molar-refractivity contribution in [3.05, 3.63) is 97.0 Å². The number of fused-ring (bicyclic) bond motifs is 1. The maximum atomic E-state index is 14.2. The number of carboxylic acid groups (broad SMARTS) is 1. The van der Waals surface area contributed by atoms with Gasteiger partial charge in [0.2, 0.25) is 5.91 Å². The van der Waals surface area contributed by atoms with Crippen molar-refractivity contribution in [3.63, 3.8) is 0 Å². The summed E-state index contributed by atoms with van der Waals surface area (Å²) in [6, 6.07) is 14.2. The Morgan fingerprint density at radius 3 is 2.16 bits per heavy atom. The molecule has 0 aromatic heterocycles. The van der Waals surface area contributed by atoms with Crippen LogP contribution in [0.3, 0.4) is 0 Å². The second kappa shape index (κ2) is 11.1. The molecule has 3 amide bonds. The summed E-state index contributed by atoms with van der Waals surface area (Å²) in [5.41, 5.74) is 0.901. The van der Waals surface area contributed by atoms with E-state index in [4.69, 9.17) is 23.2 Å². The number of benzene rings is 3. The zero-order valence-corrected chi connectivity index (χ0v) is 23.0. The highest BCUT2D eigenvalue weighted by Gasteiger charge is 2.46. The SMILES string of the molecule is CNC(=O)CN1C(=O)[C@H](c2ccc(Cl)cc2)N([C@@H](C(=O)O)c2ccc(Cl)cc2)C(=O)c2cc(I)ccc21. The van der Waals surface area contributed by atoms with E-state index in [2.05, 4.69) is 5.32 Å². The standard InChI is InChI=1S/C26H20Cl2IN3O5/c1-30-21(33)13-31-20-11-10-18(29)12-19(20)24(34)32(22(25(31)35)14-2-6-16(27)7-3-14)23(26(36)37)15-4-8-17(28)9-5-15/h2-12,22-23H,13H2,1H3,(H,30,33)(H,36,37)/t22-,23+/m0/s1. The lowest BCUT2D eigenvalue weighted by molar-refractivity contribution is -0.144. The lowest BCUT2D eigenvalue weighted by Gasteiger charge is -2.35. The lowest BCUT2D eigenvalue weighted by atomic mass is 9.97. The van der Waals surface area contributed by atoms with Gasteiger partial charge in [0.25, 0.3) is 11.8 Å². The number of halogens is 3. The predicted octanol–water partition coefficient (Wildman–Crippen LogP) is 4.70. The molecule has 4 rings (SSSR count). The van der Waals surface area contributed by atoms with Crippen LogP contribution >= 0.6 is 45.8 Å². The molecule has 190 valence electrons. The Balaban J connectivity index is 2.01. The molecular formula is C26H20Cl2IN3O5. The van der Waals surface area contributed by atoms with E-state index in [0.29, 0.717) is 19.2 Å². The fraction of sp³-hybridized carbons (Fsp3) is 0.154. The third kappa shape index (κ3) is 5.43. The molecular weight excluding hydrogens is 632 g/mol. The summed E-state index contributed by atoms with van der Waals surface area (Å²) in [7, 11) is 1.44. The molecule has 0 radical (unpaired) electrons. The van der Waals surface area contributed by atoms with Gasteiger partial charge in [0.1, 0.15) is 12.6 Å². The van der Waals surface area contributed by atoms with Gasteiger partial charge < -0.3 is 20.2 Å². The van der Waals surface area contributed by atoms with Crippen LogP contribution in [0.4, 0.5) is 5.69 Å². The van der Waals surface area contributed by atoms with Gasteiger partial charge in [-0.15, -0.1) is 0 Å². The second-order valence-electron chi connectivity index (χ2n) is 8.22. The summed E-state index contributed by atoms with van der Waals surface area (Å²) < 4.78 is 0.695. The number of hydrogen-bond acceptors (Lipinski definition) is 4. The van der Waals surface area contributed by atoms with Crippen LogP contribution in [-0.2, 0) is 14.4 Å². The maximum Gasteiger partial charge on any atom is 0.331 e. The minimum atomic E-state index is -1.54. The molecule has 8 nitrogen and oxygen atoms in total. The Labute approximate surface area is 236 Å². The first-order valence-electron chi connectivity index (χ1n) is 11.0. The van der Waals surface area contributed by atoms with Crippen molar-refractivity contribution in [2.24, 2.45) is 0 Å². The summed E-state index contributed by atoms with van der Waals surface area (Å²) in [5, 5.41) is 13.6. The van der Waals surface area contributed by atoms with Gasteiger partial charge in [0.05, 0.1) is 11.3 Å². The largest absolute Gasteiger partial charge is 0.479 e. The highest BCUT2D eigenvalue weighted by Crippen LogP contribution is 2.40. The average molecular weight is 652 g/mol. The van der Waals surface area contributed by atoms with E-state index in [1.54, 1.807) is 42.5 Å². The number of aliphatic carboxylic acids is 1. The number of anilines is 1. The molecule has 11 heteroatoms. The minimum Gasteiger partial charge on any atom is -0.479 e. The normalized spacial score (nSPS) is 16.2. The van der Waals surface area contributed by atoms with Crippen LogP contribution < -0.4 is 10.2 Å². The molecule has 1 aliphatic heterocycles. The van der Waals surface area contributed by atoms with Crippen molar-refractivity contribution in [1.82, 2.24) is 10.2 Å². The van der Waals surface area contributed by atoms with Gasteiger partial charge in [-0.2, -0.15) is 0 Å². The zero-order valence-electron chi connectivity index (χ0n) is 19.3. The molecule has 37 heavy (non-hydrogen) atoms. The van der Waals surface area contributed by atoms with Crippen LogP contribution in [-0.4, -0.2) is 47.3 Å². The highest BCUT2D eigenvalue weighted by molar-refractivity contribution is 14.1. The van der Waals surface area contributed by atoms with E-state index in [-0.39, 0.29) is 23.4 Å². The first-order valence-corrected chi connectivity index (χ1v) is 12.8. The van der Waals surface area contributed by atoms with Crippen molar-refractivity contribution in [1.29, 1.82) is 0 Å². The van der Waals surface area contributed by atoms with Gasteiger partial charge in [0, 0.05) is 20.7 Å². The number of nitrogens with one attached hydrogen (secondary N) is 1. The van der Waals surface area contributed by atoms with Crippen LogP contribution in [0.25, 0.3) is 0 Å². The molecule has 1 aliphatic rings. The minimum absolute atomic E-state index is 0.0980. The van der Waals surface area contributed by atoms with Gasteiger partial charge in [-0.05, 0) is 76.2 Å².